The molecule has 25 heavy (non-hydrogen) atoms. The molecule has 0 saturated carbocycles. The number of methoxy groups -OCH3 is 2. The Hall–Kier alpha value is -3.02. The monoisotopic (exact) mass is 344 g/mol. The van der Waals surface area contributed by atoms with Gasteiger partial charge in [-0.15, -0.1) is 0 Å². The fourth-order valence-electron chi connectivity index (χ4n) is 2.16. The van der Waals surface area contributed by atoms with E-state index in [1.54, 1.807) is 36.4 Å². The van der Waals surface area contributed by atoms with E-state index in [0.717, 1.165) is 0 Å². The Morgan fingerprint density at radius 1 is 0.920 bits per heavy atom. The van der Waals surface area contributed by atoms with Crippen molar-refractivity contribution >= 4 is 11.8 Å². The minimum absolute atomic E-state index is 0.225. The van der Waals surface area contributed by atoms with E-state index >= 15 is 0 Å². The van der Waals surface area contributed by atoms with Gasteiger partial charge in [0.1, 0.15) is 22.8 Å². The van der Waals surface area contributed by atoms with Gasteiger partial charge in [-0.25, -0.2) is 4.79 Å². The predicted molar refractivity (Wildman–Crippen MR) is 91.8 cm³/mol. The van der Waals surface area contributed by atoms with E-state index in [4.69, 9.17) is 18.9 Å². The number of benzene rings is 2. The van der Waals surface area contributed by atoms with Crippen LogP contribution in [0.1, 0.15) is 27.6 Å². The number of carbonyl (C=O) groups is 2. The third-order valence-electron chi connectivity index (χ3n) is 3.45. The van der Waals surface area contributed by atoms with E-state index < -0.39 is 5.97 Å². The molecule has 0 bridgehead atoms. The lowest BCUT2D eigenvalue weighted by Crippen LogP contribution is -2.15. The molecule has 0 heterocycles. The number of ketones is 1. The van der Waals surface area contributed by atoms with Crippen LogP contribution in [-0.4, -0.2) is 39.2 Å². The van der Waals surface area contributed by atoms with Crippen LogP contribution in [0.25, 0.3) is 0 Å². The van der Waals surface area contributed by atoms with Crippen LogP contribution in [0.5, 0.6) is 17.2 Å². The second kappa shape index (κ2) is 8.73. The Balaban J connectivity index is 2.00. The molecule has 0 aliphatic rings. The minimum atomic E-state index is -0.640. The zero-order valence-corrected chi connectivity index (χ0v) is 14.4. The first kappa shape index (κ1) is 18.3. The highest BCUT2D eigenvalue weighted by Gasteiger charge is 2.17. The number of Topliss-reactive ketones (excluding diaryl/α,β-unsaturated/α-hetero) is 1. The number of ether oxygens (including phenoxy) is 4. The molecule has 0 aromatic heterocycles. The predicted octanol–water partition coefficient (Wildman–Crippen LogP) is 3.14. The number of rotatable bonds is 8. The quantitative estimate of drug-likeness (QED) is 0.541. The second-order valence-electron chi connectivity index (χ2n) is 5.02. The van der Waals surface area contributed by atoms with Gasteiger partial charge in [0, 0.05) is 11.6 Å². The van der Waals surface area contributed by atoms with Crippen molar-refractivity contribution < 1.29 is 28.5 Å². The molecule has 2 aromatic rings. The zero-order chi connectivity index (χ0) is 18.2. The van der Waals surface area contributed by atoms with Gasteiger partial charge in [-0.2, -0.15) is 0 Å². The summed E-state index contributed by atoms with van der Waals surface area (Å²) in [7, 11) is 2.96. The van der Waals surface area contributed by atoms with Gasteiger partial charge in [0.2, 0.25) is 0 Å². The van der Waals surface area contributed by atoms with Crippen LogP contribution < -0.4 is 14.2 Å². The lowest BCUT2D eigenvalue weighted by atomic mass is 10.1. The molecule has 2 rings (SSSR count). The molecular weight excluding hydrogens is 324 g/mol. The van der Waals surface area contributed by atoms with Crippen molar-refractivity contribution in [1.82, 2.24) is 0 Å². The Morgan fingerprint density at radius 2 is 1.60 bits per heavy atom. The molecular formula is C19H20O6. The minimum Gasteiger partial charge on any atom is -0.497 e. The molecule has 0 aliphatic carbocycles. The third kappa shape index (κ3) is 4.73. The van der Waals surface area contributed by atoms with Crippen molar-refractivity contribution in [3.05, 3.63) is 53.6 Å². The Kier molecular flexibility index (Phi) is 6.39. The van der Waals surface area contributed by atoms with Gasteiger partial charge in [0.25, 0.3) is 0 Å². The molecule has 132 valence electrons. The summed E-state index contributed by atoms with van der Waals surface area (Å²) in [6.07, 6.45) is 0. The van der Waals surface area contributed by atoms with Gasteiger partial charge in [-0.3, -0.25) is 4.79 Å². The Bertz CT molecular complexity index is 736. The largest absolute Gasteiger partial charge is 0.497 e. The normalized spacial score (nSPS) is 10.0. The molecule has 0 fully saturated rings. The summed E-state index contributed by atoms with van der Waals surface area (Å²) in [4.78, 5) is 24.3. The number of esters is 1. The van der Waals surface area contributed by atoms with Crippen LogP contribution >= 0.6 is 0 Å². The molecule has 0 N–H and O–H groups in total. The Labute approximate surface area is 146 Å². The van der Waals surface area contributed by atoms with Crippen molar-refractivity contribution in [2.45, 2.75) is 6.92 Å². The van der Waals surface area contributed by atoms with Gasteiger partial charge in [0.05, 0.1) is 20.8 Å². The highest BCUT2D eigenvalue weighted by atomic mass is 16.5. The van der Waals surface area contributed by atoms with Gasteiger partial charge < -0.3 is 18.9 Å². The Morgan fingerprint density at radius 3 is 2.20 bits per heavy atom. The third-order valence-corrected chi connectivity index (χ3v) is 3.45. The summed E-state index contributed by atoms with van der Waals surface area (Å²) >= 11 is 0. The van der Waals surface area contributed by atoms with Crippen molar-refractivity contribution in [2.24, 2.45) is 0 Å². The zero-order valence-electron chi connectivity index (χ0n) is 14.4. The highest BCUT2D eigenvalue weighted by Crippen LogP contribution is 2.25. The summed E-state index contributed by atoms with van der Waals surface area (Å²) in [6.45, 7) is 2.07. The lowest BCUT2D eigenvalue weighted by molar-refractivity contribution is 0.0471. The van der Waals surface area contributed by atoms with Crippen molar-refractivity contribution in [1.29, 1.82) is 0 Å². The van der Waals surface area contributed by atoms with Crippen molar-refractivity contribution in [3.8, 4) is 17.2 Å². The fraction of sp³-hybridized carbons (Fsp3) is 0.263. The fourth-order valence-corrected chi connectivity index (χ4v) is 2.16. The van der Waals surface area contributed by atoms with Crippen LogP contribution in [0, 0.1) is 0 Å². The SMILES string of the molecule is CCOc1ccc(C(=O)COC(=O)c2ccc(OC)cc2OC)cc1. The molecule has 6 heteroatoms. The van der Waals surface area contributed by atoms with E-state index in [1.807, 2.05) is 6.92 Å². The molecule has 6 nitrogen and oxygen atoms in total. The maximum Gasteiger partial charge on any atom is 0.342 e. The molecule has 0 radical (unpaired) electrons. The molecule has 0 atom stereocenters. The van der Waals surface area contributed by atoms with Gasteiger partial charge in [-0.05, 0) is 43.3 Å². The molecule has 0 amide bonds. The van der Waals surface area contributed by atoms with E-state index in [2.05, 4.69) is 0 Å². The summed E-state index contributed by atoms with van der Waals surface area (Å²) < 4.78 is 20.7. The van der Waals surface area contributed by atoms with Crippen molar-refractivity contribution in [2.75, 3.05) is 27.4 Å². The van der Waals surface area contributed by atoms with Crippen LogP contribution in [0.15, 0.2) is 42.5 Å². The van der Waals surface area contributed by atoms with E-state index in [-0.39, 0.29) is 18.0 Å². The topological polar surface area (TPSA) is 71.1 Å². The van der Waals surface area contributed by atoms with Gasteiger partial charge in [0.15, 0.2) is 12.4 Å². The van der Waals surface area contributed by atoms with E-state index in [1.165, 1.54) is 20.3 Å². The summed E-state index contributed by atoms with van der Waals surface area (Å²) in [5, 5.41) is 0. The average Bonchev–Trinajstić information content (AvgIpc) is 2.66. The molecule has 0 spiro atoms. The molecule has 2 aromatic carbocycles. The first-order chi connectivity index (χ1) is 12.1. The van der Waals surface area contributed by atoms with Crippen LogP contribution in [0.4, 0.5) is 0 Å². The summed E-state index contributed by atoms with van der Waals surface area (Å²) in [5.74, 6) is 0.610. The number of hydrogen-bond acceptors (Lipinski definition) is 6. The van der Waals surface area contributed by atoms with Crippen molar-refractivity contribution in [3.63, 3.8) is 0 Å². The second-order valence-corrected chi connectivity index (χ2v) is 5.02. The smallest absolute Gasteiger partial charge is 0.342 e. The maximum atomic E-state index is 12.2. The van der Waals surface area contributed by atoms with E-state index in [9.17, 15) is 9.59 Å². The number of carbonyl (C=O) groups excluding carboxylic acids is 2. The molecule has 0 unspecified atom stereocenters. The van der Waals surface area contributed by atoms with Gasteiger partial charge in [-0.1, -0.05) is 0 Å². The summed E-state index contributed by atoms with van der Waals surface area (Å²) in [6, 6.07) is 11.4. The van der Waals surface area contributed by atoms with E-state index in [0.29, 0.717) is 29.4 Å². The highest BCUT2D eigenvalue weighted by molar-refractivity contribution is 6.00. The number of hydrogen-bond donors (Lipinski definition) is 0. The molecule has 0 aliphatic heterocycles. The van der Waals surface area contributed by atoms with Crippen LogP contribution in [-0.2, 0) is 4.74 Å². The molecule has 0 saturated heterocycles. The van der Waals surface area contributed by atoms with Crippen LogP contribution in [0.2, 0.25) is 0 Å². The first-order valence-corrected chi connectivity index (χ1v) is 7.74. The average molecular weight is 344 g/mol. The summed E-state index contributed by atoms with van der Waals surface area (Å²) in [5.41, 5.74) is 0.667. The van der Waals surface area contributed by atoms with Crippen LogP contribution in [0.3, 0.4) is 0 Å². The maximum absolute atomic E-state index is 12.2. The first-order valence-electron chi connectivity index (χ1n) is 7.74. The van der Waals surface area contributed by atoms with Gasteiger partial charge >= 0.3 is 5.97 Å². The standard InChI is InChI=1S/C19H20O6/c1-4-24-14-7-5-13(6-8-14)17(20)12-25-19(21)16-10-9-15(22-2)11-18(16)23-3/h5-11H,4,12H2,1-3H3. The lowest BCUT2D eigenvalue weighted by Gasteiger charge is -2.10.